The molecule has 0 saturated heterocycles. The predicted molar refractivity (Wildman–Crippen MR) is 118 cm³/mol. The van der Waals surface area contributed by atoms with E-state index in [-0.39, 0.29) is 24.0 Å². The zero-order chi connectivity index (χ0) is 22.0. The molecule has 0 aliphatic carbocycles. The van der Waals surface area contributed by atoms with Crippen molar-refractivity contribution < 1.29 is 22.7 Å². The van der Waals surface area contributed by atoms with Gasteiger partial charge in [-0.3, -0.25) is 14.6 Å². The fourth-order valence-corrected chi connectivity index (χ4v) is 4.84. The number of carbonyl (C=O) groups excluding carboxylic acids is 1. The van der Waals surface area contributed by atoms with E-state index in [4.69, 9.17) is 9.47 Å². The van der Waals surface area contributed by atoms with Crippen LogP contribution in [0.3, 0.4) is 0 Å². The Kier molecular flexibility index (Phi) is 5.73. The van der Waals surface area contributed by atoms with E-state index < -0.39 is 10.0 Å². The van der Waals surface area contributed by atoms with Gasteiger partial charge in [-0.25, -0.2) is 8.42 Å². The van der Waals surface area contributed by atoms with E-state index >= 15 is 0 Å². The van der Waals surface area contributed by atoms with E-state index in [2.05, 4.69) is 20.2 Å². The standard InChI is InChI=1S/C21H24N4O5S/c1-13(2)12-31(27,28)25-15-4-5-16-17(11-15)23-24-21(16)22-20(26)10-14-3-6-18-19(9-14)30-8-7-29-18/h3-6,9,11,13,25H,7-8,10,12H2,1-2H3,(H2,22,23,24,26). The van der Waals surface area contributed by atoms with Gasteiger partial charge in [0.15, 0.2) is 17.3 Å². The molecule has 3 N–H and O–H groups in total. The third kappa shape index (κ3) is 5.08. The SMILES string of the molecule is CC(C)CS(=O)(=O)Nc1ccc2c(NC(=O)Cc3ccc4c(c3)OCCO4)n[nH]c2c1. The molecule has 0 saturated carbocycles. The molecule has 0 spiro atoms. The molecule has 31 heavy (non-hydrogen) atoms. The molecule has 1 aliphatic heterocycles. The van der Waals surface area contributed by atoms with Gasteiger partial charge in [0.2, 0.25) is 15.9 Å². The maximum atomic E-state index is 12.5. The first kappa shape index (κ1) is 21.0. The van der Waals surface area contributed by atoms with Gasteiger partial charge in [0.1, 0.15) is 13.2 Å². The van der Waals surface area contributed by atoms with Crippen molar-refractivity contribution in [3.05, 3.63) is 42.0 Å². The Labute approximate surface area is 180 Å². The summed E-state index contributed by atoms with van der Waals surface area (Å²) in [5.41, 5.74) is 1.84. The minimum absolute atomic E-state index is 0.0180. The highest BCUT2D eigenvalue weighted by Gasteiger charge is 2.16. The van der Waals surface area contributed by atoms with Gasteiger partial charge in [-0.15, -0.1) is 0 Å². The van der Waals surface area contributed by atoms with E-state index in [1.54, 1.807) is 30.3 Å². The van der Waals surface area contributed by atoms with Crippen LogP contribution >= 0.6 is 0 Å². The van der Waals surface area contributed by atoms with Crippen molar-refractivity contribution in [2.24, 2.45) is 5.92 Å². The van der Waals surface area contributed by atoms with Crippen LogP contribution in [-0.4, -0.2) is 43.5 Å². The zero-order valence-corrected chi connectivity index (χ0v) is 18.1. The van der Waals surface area contributed by atoms with Gasteiger partial charge < -0.3 is 14.8 Å². The third-order valence-electron chi connectivity index (χ3n) is 4.62. The van der Waals surface area contributed by atoms with Crippen molar-refractivity contribution in [3.63, 3.8) is 0 Å². The second-order valence-corrected chi connectivity index (χ2v) is 9.58. The van der Waals surface area contributed by atoms with Crippen LogP contribution in [0.25, 0.3) is 10.9 Å². The summed E-state index contributed by atoms with van der Waals surface area (Å²) in [7, 11) is -3.43. The van der Waals surface area contributed by atoms with Crippen molar-refractivity contribution >= 4 is 38.3 Å². The summed E-state index contributed by atoms with van der Waals surface area (Å²) in [6, 6.07) is 10.4. The van der Waals surface area contributed by atoms with Crippen LogP contribution in [0.2, 0.25) is 0 Å². The van der Waals surface area contributed by atoms with E-state index in [9.17, 15) is 13.2 Å². The molecule has 0 bridgehead atoms. The van der Waals surface area contributed by atoms with Crippen molar-refractivity contribution in [2.75, 3.05) is 29.0 Å². The molecular weight excluding hydrogens is 420 g/mol. The quantitative estimate of drug-likeness (QED) is 0.515. The van der Waals surface area contributed by atoms with E-state index in [0.29, 0.717) is 47.1 Å². The minimum Gasteiger partial charge on any atom is -0.486 e. The Morgan fingerprint density at radius 1 is 1.13 bits per heavy atom. The number of benzene rings is 2. The molecule has 3 aromatic rings. The Morgan fingerprint density at radius 2 is 1.90 bits per heavy atom. The molecule has 1 aromatic heterocycles. The molecule has 1 aliphatic rings. The Morgan fingerprint density at radius 3 is 2.68 bits per heavy atom. The van der Waals surface area contributed by atoms with Crippen molar-refractivity contribution in [1.82, 2.24) is 10.2 Å². The number of H-pyrrole nitrogens is 1. The summed E-state index contributed by atoms with van der Waals surface area (Å²) in [6.45, 7) is 4.69. The Hall–Kier alpha value is -3.27. The fraction of sp³-hybridized carbons (Fsp3) is 0.333. The largest absolute Gasteiger partial charge is 0.486 e. The van der Waals surface area contributed by atoms with Crippen molar-refractivity contribution in [1.29, 1.82) is 0 Å². The number of nitrogens with one attached hydrogen (secondary N) is 3. The first-order chi connectivity index (χ1) is 14.8. The number of rotatable bonds is 7. The second-order valence-electron chi connectivity index (χ2n) is 7.81. The topological polar surface area (TPSA) is 122 Å². The average Bonchev–Trinajstić information content (AvgIpc) is 3.08. The lowest BCUT2D eigenvalue weighted by Gasteiger charge is -2.18. The van der Waals surface area contributed by atoms with Gasteiger partial charge in [-0.05, 0) is 41.8 Å². The second kappa shape index (κ2) is 8.46. The Bertz CT molecular complexity index is 1220. The summed E-state index contributed by atoms with van der Waals surface area (Å²) in [6.07, 6.45) is 0.151. The first-order valence-electron chi connectivity index (χ1n) is 9.96. The number of sulfonamides is 1. The van der Waals surface area contributed by atoms with Gasteiger partial charge in [0.25, 0.3) is 0 Å². The number of fused-ring (bicyclic) bond motifs is 2. The van der Waals surface area contributed by atoms with Gasteiger partial charge in [0, 0.05) is 5.39 Å². The van der Waals surface area contributed by atoms with Crippen molar-refractivity contribution in [3.8, 4) is 11.5 Å². The molecule has 0 atom stereocenters. The highest BCUT2D eigenvalue weighted by molar-refractivity contribution is 7.92. The van der Waals surface area contributed by atoms with E-state index in [0.717, 1.165) is 5.56 Å². The average molecular weight is 445 g/mol. The lowest BCUT2D eigenvalue weighted by atomic mass is 10.1. The maximum Gasteiger partial charge on any atom is 0.232 e. The number of nitrogens with zero attached hydrogens (tertiary/aromatic N) is 1. The summed E-state index contributed by atoms with van der Waals surface area (Å²) >= 11 is 0. The third-order valence-corrected chi connectivity index (χ3v) is 6.27. The van der Waals surface area contributed by atoms with Gasteiger partial charge >= 0.3 is 0 Å². The molecule has 0 radical (unpaired) electrons. The number of hydrogen-bond donors (Lipinski definition) is 3. The minimum atomic E-state index is -3.43. The highest BCUT2D eigenvalue weighted by Crippen LogP contribution is 2.31. The van der Waals surface area contributed by atoms with Crippen LogP contribution < -0.4 is 19.5 Å². The number of anilines is 2. The molecule has 0 unspecified atom stereocenters. The van der Waals surface area contributed by atoms with Crippen LogP contribution in [0.4, 0.5) is 11.5 Å². The smallest absolute Gasteiger partial charge is 0.232 e. The van der Waals surface area contributed by atoms with Gasteiger partial charge in [0.05, 0.1) is 23.4 Å². The van der Waals surface area contributed by atoms with Crippen LogP contribution in [-0.2, 0) is 21.2 Å². The van der Waals surface area contributed by atoms with Crippen molar-refractivity contribution in [2.45, 2.75) is 20.3 Å². The number of ether oxygens (including phenoxy) is 2. The molecule has 164 valence electrons. The molecule has 2 aromatic carbocycles. The van der Waals surface area contributed by atoms with E-state index in [1.807, 2.05) is 19.9 Å². The summed E-state index contributed by atoms with van der Waals surface area (Å²) in [5.74, 6) is 1.52. The number of amides is 1. The monoisotopic (exact) mass is 444 g/mol. The Balaban J connectivity index is 1.44. The maximum absolute atomic E-state index is 12.5. The summed E-state index contributed by atoms with van der Waals surface area (Å²) in [4.78, 5) is 12.5. The molecular formula is C21H24N4O5S. The van der Waals surface area contributed by atoms with Gasteiger partial charge in [-0.2, -0.15) is 5.10 Å². The molecule has 1 amide bonds. The number of aromatic amines is 1. The number of hydrogen-bond acceptors (Lipinski definition) is 6. The van der Waals surface area contributed by atoms with Crippen LogP contribution in [0.1, 0.15) is 19.4 Å². The number of aromatic nitrogens is 2. The van der Waals surface area contributed by atoms with Crippen LogP contribution in [0, 0.1) is 5.92 Å². The molecule has 0 fully saturated rings. The first-order valence-corrected chi connectivity index (χ1v) is 11.6. The van der Waals surface area contributed by atoms with Crippen LogP contribution in [0.15, 0.2) is 36.4 Å². The summed E-state index contributed by atoms with van der Waals surface area (Å²) < 4.78 is 37.9. The molecule has 10 heteroatoms. The fourth-order valence-electron chi connectivity index (χ4n) is 3.40. The van der Waals surface area contributed by atoms with Crippen LogP contribution in [0.5, 0.6) is 11.5 Å². The normalized spacial score (nSPS) is 13.4. The van der Waals surface area contributed by atoms with E-state index in [1.165, 1.54) is 0 Å². The van der Waals surface area contributed by atoms with Gasteiger partial charge in [-0.1, -0.05) is 19.9 Å². The molecule has 4 rings (SSSR count). The molecule has 9 nitrogen and oxygen atoms in total. The molecule has 2 heterocycles. The lowest BCUT2D eigenvalue weighted by molar-refractivity contribution is -0.115. The predicted octanol–water partition coefficient (Wildman–Crippen LogP) is 2.91. The highest BCUT2D eigenvalue weighted by atomic mass is 32.2. The summed E-state index contributed by atoms with van der Waals surface area (Å²) in [5, 5.41) is 10.5. The lowest BCUT2D eigenvalue weighted by Crippen LogP contribution is -2.19. The number of carbonyl (C=O) groups is 1. The zero-order valence-electron chi connectivity index (χ0n) is 17.3.